The first-order valence-corrected chi connectivity index (χ1v) is 8.01. The Kier molecular flexibility index (Phi) is 3.61. The first-order chi connectivity index (χ1) is 11.9. The maximum atomic E-state index is 5.88. The van der Waals surface area contributed by atoms with Crippen LogP contribution in [-0.4, -0.2) is 0 Å². The Balaban J connectivity index is 2.12. The monoisotopic (exact) mass is 304 g/mol. The van der Waals surface area contributed by atoms with Crippen LogP contribution in [0.5, 0.6) is 0 Å². The molecule has 0 unspecified atom stereocenters. The lowest BCUT2D eigenvalue weighted by molar-refractivity contribution is 1.60. The number of benzene rings is 4. The third-order valence-electron chi connectivity index (χ3n) is 4.35. The normalized spacial score (nSPS) is 10.5. The van der Waals surface area contributed by atoms with Crippen LogP contribution in [0.3, 0.4) is 0 Å². The SMILES string of the molecule is C#Cc1cc(-c2ccccc2)c2ccccc2c1-c1ccccc1. The lowest BCUT2D eigenvalue weighted by Gasteiger charge is -2.15. The number of hydrogen-bond donors (Lipinski definition) is 0. The number of fused-ring (bicyclic) bond motifs is 1. The van der Waals surface area contributed by atoms with Gasteiger partial charge in [-0.3, -0.25) is 0 Å². The first kappa shape index (κ1) is 14.3. The van der Waals surface area contributed by atoms with Gasteiger partial charge in [0.25, 0.3) is 0 Å². The molecule has 0 heterocycles. The van der Waals surface area contributed by atoms with Gasteiger partial charge in [-0.05, 0) is 33.5 Å². The molecule has 0 heteroatoms. The van der Waals surface area contributed by atoms with Crippen molar-refractivity contribution in [3.8, 4) is 34.6 Å². The molecule has 0 fully saturated rings. The quantitative estimate of drug-likeness (QED) is 0.389. The van der Waals surface area contributed by atoms with E-state index in [9.17, 15) is 0 Å². The molecule has 4 aromatic carbocycles. The van der Waals surface area contributed by atoms with Crippen molar-refractivity contribution >= 4 is 10.8 Å². The molecule has 24 heavy (non-hydrogen) atoms. The highest BCUT2D eigenvalue weighted by atomic mass is 14.2. The molecule has 0 N–H and O–H groups in total. The van der Waals surface area contributed by atoms with Gasteiger partial charge in [0.15, 0.2) is 0 Å². The first-order valence-electron chi connectivity index (χ1n) is 8.01. The van der Waals surface area contributed by atoms with Crippen molar-refractivity contribution in [2.24, 2.45) is 0 Å². The van der Waals surface area contributed by atoms with Gasteiger partial charge >= 0.3 is 0 Å². The minimum Gasteiger partial charge on any atom is -0.115 e. The molecule has 0 aliphatic heterocycles. The summed E-state index contributed by atoms with van der Waals surface area (Å²) >= 11 is 0. The second kappa shape index (κ2) is 6.07. The second-order valence-electron chi connectivity index (χ2n) is 5.77. The lowest BCUT2D eigenvalue weighted by atomic mass is 9.88. The summed E-state index contributed by atoms with van der Waals surface area (Å²) < 4.78 is 0. The summed E-state index contributed by atoms with van der Waals surface area (Å²) in [6.45, 7) is 0. The summed E-state index contributed by atoms with van der Waals surface area (Å²) in [4.78, 5) is 0. The van der Waals surface area contributed by atoms with E-state index in [2.05, 4.69) is 84.8 Å². The molecule has 0 radical (unpaired) electrons. The van der Waals surface area contributed by atoms with Crippen LogP contribution < -0.4 is 0 Å². The number of rotatable bonds is 2. The lowest BCUT2D eigenvalue weighted by Crippen LogP contribution is -1.91. The minimum atomic E-state index is 0.929. The second-order valence-corrected chi connectivity index (χ2v) is 5.77. The maximum absolute atomic E-state index is 5.88. The third kappa shape index (κ3) is 2.37. The Labute approximate surface area is 142 Å². The summed E-state index contributed by atoms with van der Waals surface area (Å²) in [5.41, 5.74) is 5.58. The van der Waals surface area contributed by atoms with Crippen molar-refractivity contribution in [1.82, 2.24) is 0 Å². The Morgan fingerprint density at radius 1 is 0.583 bits per heavy atom. The molecule has 0 aliphatic carbocycles. The third-order valence-corrected chi connectivity index (χ3v) is 4.35. The highest BCUT2D eigenvalue weighted by Gasteiger charge is 2.13. The van der Waals surface area contributed by atoms with Gasteiger partial charge < -0.3 is 0 Å². The molecular formula is C24H16. The zero-order valence-electron chi connectivity index (χ0n) is 13.2. The van der Waals surface area contributed by atoms with E-state index in [-0.39, 0.29) is 0 Å². The van der Waals surface area contributed by atoms with Crippen molar-refractivity contribution in [2.45, 2.75) is 0 Å². The van der Waals surface area contributed by atoms with Gasteiger partial charge in [-0.1, -0.05) is 90.8 Å². The van der Waals surface area contributed by atoms with Gasteiger partial charge in [0.05, 0.1) is 0 Å². The number of hydrogen-bond acceptors (Lipinski definition) is 0. The van der Waals surface area contributed by atoms with E-state index in [1.165, 1.54) is 21.9 Å². The summed E-state index contributed by atoms with van der Waals surface area (Å²) in [5, 5.41) is 2.42. The van der Waals surface area contributed by atoms with Crippen LogP contribution >= 0.6 is 0 Å². The van der Waals surface area contributed by atoms with Crippen LogP contribution in [0.25, 0.3) is 33.0 Å². The average molecular weight is 304 g/mol. The van der Waals surface area contributed by atoms with Crippen molar-refractivity contribution in [1.29, 1.82) is 0 Å². The highest BCUT2D eigenvalue weighted by molar-refractivity contribution is 6.07. The van der Waals surface area contributed by atoms with Gasteiger partial charge in [-0.2, -0.15) is 0 Å². The maximum Gasteiger partial charge on any atom is 0.0333 e. The van der Waals surface area contributed by atoms with Gasteiger partial charge in [-0.15, -0.1) is 6.42 Å². The van der Waals surface area contributed by atoms with Crippen molar-refractivity contribution in [3.63, 3.8) is 0 Å². The van der Waals surface area contributed by atoms with E-state index in [0.29, 0.717) is 0 Å². The van der Waals surface area contributed by atoms with Gasteiger partial charge in [0.2, 0.25) is 0 Å². The molecule has 0 atom stereocenters. The fourth-order valence-corrected chi connectivity index (χ4v) is 3.26. The standard InChI is InChI=1S/C24H16/c1-2-18-17-23(19-11-5-3-6-12-19)21-15-9-10-16-22(21)24(18)20-13-7-4-8-14-20/h1,3-17H. The smallest absolute Gasteiger partial charge is 0.0333 e. The van der Waals surface area contributed by atoms with Crippen molar-refractivity contribution in [2.75, 3.05) is 0 Å². The van der Waals surface area contributed by atoms with Crippen LogP contribution in [0.4, 0.5) is 0 Å². The fourth-order valence-electron chi connectivity index (χ4n) is 3.26. The molecular weight excluding hydrogens is 288 g/mol. The van der Waals surface area contributed by atoms with Crippen LogP contribution in [0, 0.1) is 12.3 Å². The highest BCUT2D eigenvalue weighted by Crippen LogP contribution is 2.38. The summed E-state index contributed by atoms with van der Waals surface area (Å²) in [6, 6.07) is 31.4. The zero-order chi connectivity index (χ0) is 16.4. The van der Waals surface area contributed by atoms with E-state index in [0.717, 1.165) is 16.7 Å². The Hall–Kier alpha value is -3.30. The zero-order valence-corrected chi connectivity index (χ0v) is 13.2. The molecule has 0 saturated heterocycles. The topological polar surface area (TPSA) is 0 Å². The van der Waals surface area contributed by atoms with Gasteiger partial charge in [0, 0.05) is 11.1 Å². The fraction of sp³-hybridized carbons (Fsp3) is 0. The average Bonchev–Trinajstić information content (AvgIpc) is 2.68. The van der Waals surface area contributed by atoms with Crippen molar-refractivity contribution in [3.05, 3.63) is 96.6 Å². The predicted molar refractivity (Wildman–Crippen MR) is 103 cm³/mol. The van der Waals surface area contributed by atoms with E-state index in [4.69, 9.17) is 6.42 Å². The van der Waals surface area contributed by atoms with Gasteiger partial charge in [0.1, 0.15) is 0 Å². The Bertz CT molecular complexity index is 1040. The molecule has 4 rings (SSSR count). The number of terminal acetylenes is 1. The van der Waals surface area contributed by atoms with Crippen LogP contribution in [0.15, 0.2) is 91.0 Å². The van der Waals surface area contributed by atoms with E-state index in [1.807, 2.05) is 12.1 Å². The molecule has 0 amide bonds. The Morgan fingerprint density at radius 2 is 1.12 bits per heavy atom. The molecule has 0 aromatic heterocycles. The summed E-state index contributed by atoms with van der Waals surface area (Å²) in [7, 11) is 0. The molecule has 0 aliphatic rings. The van der Waals surface area contributed by atoms with E-state index >= 15 is 0 Å². The van der Waals surface area contributed by atoms with Crippen LogP contribution in [-0.2, 0) is 0 Å². The van der Waals surface area contributed by atoms with E-state index in [1.54, 1.807) is 0 Å². The summed E-state index contributed by atoms with van der Waals surface area (Å²) in [5.74, 6) is 2.90. The predicted octanol–water partition coefficient (Wildman–Crippen LogP) is 6.16. The largest absolute Gasteiger partial charge is 0.115 e. The molecule has 0 saturated carbocycles. The minimum absolute atomic E-state index is 0.929. The van der Waals surface area contributed by atoms with Gasteiger partial charge in [-0.25, -0.2) is 0 Å². The molecule has 0 bridgehead atoms. The molecule has 4 aromatic rings. The van der Waals surface area contributed by atoms with Crippen LogP contribution in [0.1, 0.15) is 5.56 Å². The molecule has 112 valence electrons. The molecule has 0 spiro atoms. The van der Waals surface area contributed by atoms with E-state index < -0.39 is 0 Å². The summed E-state index contributed by atoms with van der Waals surface area (Å²) in [6.07, 6.45) is 5.88. The van der Waals surface area contributed by atoms with Crippen molar-refractivity contribution < 1.29 is 0 Å². The molecule has 0 nitrogen and oxygen atoms in total. The van der Waals surface area contributed by atoms with Crippen LogP contribution in [0.2, 0.25) is 0 Å². The Morgan fingerprint density at radius 3 is 1.75 bits per heavy atom.